The molecular weight excluding hydrogens is 152 g/mol. The highest BCUT2D eigenvalue weighted by molar-refractivity contribution is 4.76. The molecule has 72 valence electrons. The van der Waals surface area contributed by atoms with E-state index in [9.17, 15) is 0 Å². The van der Waals surface area contributed by atoms with Gasteiger partial charge in [-0.1, -0.05) is 20.3 Å². The van der Waals surface area contributed by atoms with Crippen LogP contribution >= 0.6 is 0 Å². The Morgan fingerprint density at radius 3 is 2.58 bits per heavy atom. The van der Waals surface area contributed by atoms with Crippen LogP contribution in [0.25, 0.3) is 0 Å². The lowest BCUT2D eigenvalue weighted by atomic mass is 9.87. The first-order valence-corrected chi connectivity index (χ1v) is 4.90. The molecule has 1 aliphatic heterocycles. The number of hydrogen-bond acceptors (Lipinski definition) is 3. The van der Waals surface area contributed by atoms with Crippen molar-refractivity contribution in [3.8, 4) is 0 Å². The second-order valence-electron chi connectivity index (χ2n) is 3.66. The van der Waals surface area contributed by atoms with Gasteiger partial charge in [0.15, 0.2) is 6.23 Å². The average Bonchev–Trinajstić information content (AvgIpc) is 2.83. The second-order valence-corrected chi connectivity index (χ2v) is 3.66. The number of hydrogen-bond donors (Lipinski definition) is 2. The van der Waals surface area contributed by atoms with Crippen LogP contribution in [-0.2, 0) is 4.84 Å². The first-order valence-electron chi connectivity index (χ1n) is 4.90. The van der Waals surface area contributed by atoms with Gasteiger partial charge >= 0.3 is 0 Å². The summed E-state index contributed by atoms with van der Waals surface area (Å²) >= 11 is 0. The van der Waals surface area contributed by atoms with Crippen molar-refractivity contribution < 1.29 is 4.84 Å². The fourth-order valence-corrected chi connectivity index (χ4v) is 1.76. The standard InChI is InChI=1S/C9H20N2O/c1-3-4-8(9-11-12-9)7(2)5-6-10/h7-9,11H,3-6,10H2,1-2H3. The largest absolute Gasteiger partial charge is 0.330 e. The molecule has 0 aromatic carbocycles. The molecule has 1 aliphatic rings. The Labute approximate surface area is 74.6 Å². The maximum absolute atomic E-state index is 5.52. The monoisotopic (exact) mass is 172 g/mol. The minimum atomic E-state index is 0.312. The quantitative estimate of drug-likeness (QED) is 0.593. The minimum Gasteiger partial charge on any atom is -0.330 e. The zero-order valence-electron chi connectivity index (χ0n) is 8.05. The van der Waals surface area contributed by atoms with Gasteiger partial charge in [-0.05, 0) is 25.3 Å². The first-order chi connectivity index (χ1) is 5.79. The summed E-state index contributed by atoms with van der Waals surface area (Å²) in [6.45, 7) is 5.26. The summed E-state index contributed by atoms with van der Waals surface area (Å²) in [6.07, 6.45) is 3.87. The maximum Gasteiger partial charge on any atom is 0.154 e. The number of nitrogens with two attached hydrogens (primary N) is 1. The van der Waals surface area contributed by atoms with Crippen molar-refractivity contribution in [1.82, 2.24) is 5.48 Å². The Hall–Kier alpha value is -0.120. The third-order valence-electron chi connectivity index (χ3n) is 2.62. The normalized spacial score (nSPS) is 26.8. The summed E-state index contributed by atoms with van der Waals surface area (Å²) in [4.78, 5) is 5.10. The molecule has 3 nitrogen and oxygen atoms in total. The molecule has 1 heterocycles. The van der Waals surface area contributed by atoms with E-state index in [2.05, 4.69) is 19.3 Å². The number of hydroxylamine groups is 1. The van der Waals surface area contributed by atoms with Crippen LogP contribution in [0.1, 0.15) is 33.1 Å². The molecule has 0 saturated carbocycles. The molecule has 0 spiro atoms. The molecule has 3 N–H and O–H groups in total. The van der Waals surface area contributed by atoms with Gasteiger partial charge in [0.1, 0.15) is 0 Å². The molecule has 0 aromatic rings. The lowest BCUT2D eigenvalue weighted by Gasteiger charge is -2.19. The fraction of sp³-hybridized carbons (Fsp3) is 1.00. The SMILES string of the molecule is CCCC(C(C)CCN)C1NO1. The molecule has 3 heteroatoms. The lowest BCUT2D eigenvalue weighted by molar-refractivity contribution is 0.235. The van der Waals surface area contributed by atoms with Crippen LogP contribution in [0, 0.1) is 11.8 Å². The molecule has 0 radical (unpaired) electrons. The van der Waals surface area contributed by atoms with Gasteiger partial charge in [-0.3, -0.25) is 4.84 Å². The summed E-state index contributed by atoms with van der Waals surface area (Å²) in [5.74, 6) is 1.33. The first kappa shape index (κ1) is 9.96. The van der Waals surface area contributed by atoms with Gasteiger partial charge < -0.3 is 5.73 Å². The molecule has 3 unspecified atom stereocenters. The van der Waals surface area contributed by atoms with Crippen molar-refractivity contribution in [2.45, 2.75) is 39.3 Å². The third-order valence-corrected chi connectivity index (χ3v) is 2.62. The van der Waals surface area contributed by atoms with Crippen LogP contribution in [0.4, 0.5) is 0 Å². The fourth-order valence-electron chi connectivity index (χ4n) is 1.76. The van der Waals surface area contributed by atoms with Gasteiger partial charge in [-0.2, -0.15) is 5.48 Å². The Morgan fingerprint density at radius 1 is 1.50 bits per heavy atom. The van der Waals surface area contributed by atoms with Crippen LogP contribution in [0.2, 0.25) is 0 Å². The Morgan fingerprint density at radius 2 is 2.17 bits per heavy atom. The average molecular weight is 172 g/mol. The molecule has 3 atom stereocenters. The number of nitrogens with one attached hydrogen (secondary N) is 1. The van der Waals surface area contributed by atoms with Crippen molar-refractivity contribution in [2.75, 3.05) is 6.54 Å². The molecule has 0 aromatic heterocycles. The molecule has 1 saturated heterocycles. The van der Waals surface area contributed by atoms with Gasteiger partial charge in [0.05, 0.1) is 0 Å². The van der Waals surface area contributed by atoms with Gasteiger partial charge in [-0.15, -0.1) is 0 Å². The summed E-state index contributed by atoms with van der Waals surface area (Å²) < 4.78 is 0. The molecule has 12 heavy (non-hydrogen) atoms. The molecule has 0 amide bonds. The van der Waals surface area contributed by atoms with E-state index in [1.807, 2.05) is 0 Å². The second kappa shape index (κ2) is 4.80. The van der Waals surface area contributed by atoms with Crippen molar-refractivity contribution in [1.29, 1.82) is 0 Å². The van der Waals surface area contributed by atoms with E-state index in [-0.39, 0.29) is 0 Å². The highest BCUT2D eigenvalue weighted by Crippen LogP contribution is 2.28. The van der Waals surface area contributed by atoms with Crippen LogP contribution in [-0.4, -0.2) is 12.8 Å². The Balaban J connectivity index is 2.29. The van der Waals surface area contributed by atoms with Gasteiger partial charge in [0.25, 0.3) is 0 Å². The molecule has 1 fully saturated rings. The molecule has 0 aliphatic carbocycles. The molecule has 1 rings (SSSR count). The third kappa shape index (κ3) is 2.73. The molecular formula is C9H20N2O. The van der Waals surface area contributed by atoms with Crippen LogP contribution < -0.4 is 11.2 Å². The molecule has 0 bridgehead atoms. The van der Waals surface area contributed by atoms with E-state index in [1.165, 1.54) is 12.8 Å². The van der Waals surface area contributed by atoms with Gasteiger partial charge in [-0.25, -0.2) is 0 Å². The predicted octanol–water partition coefficient (Wildman–Crippen LogP) is 1.25. The minimum absolute atomic E-state index is 0.312. The Kier molecular flexibility index (Phi) is 3.98. The zero-order valence-corrected chi connectivity index (χ0v) is 8.05. The van der Waals surface area contributed by atoms with E-state index in [0.29, 0.717) is 18.1 Å². The van der Waals surface area contributed by atoms with Crippen molar-refractivity contribution >= 4 is 0 Å². The van der Waals surface area contributed by atoms with Crippen LogP contribution in [0.15, 0.2) is 0 Å². The Bertz CT molecular complexity index is 126. The maximum atomic E-state index is 5.52. The smallest absolute Gasteiger partial charge is 0.154 e. The van der Waals surface area contributed by atoms with Crippen LogP contribution in [0.3, 0.4) is 0 Å². The van der Waals surface area contributed by atoms with E-state index in [1.54, 1.807) is 0 Å². The number of rotatable bonds is 6. The topological polar surface area (TPSA) is 60.5 Å². The van der Waals surface area contributed by atoms with E-state index >= 15 is 0 Å². The predicted molar refractivity (Wildman–Crippen MR) is 49.2 cm³/mol. The van der Waals surface area contributed by atoms with Crippen molar-refractivity contribution in [3.05, 3.63) is 0 Å². The van der Waals surface area contributed by atoms with Gasteiger partial charge in [0, 0.05) is 5.92 Å². The highest BCUT2D eigenvalue weighted by atomic mass is 16.8. The zero-order chi connectivity index (χ0) is 8.97. The summed E-state index contributed by atoms with van der Waals surface area (Å²) in [5, 5.41) is 0. The summed E-state index contributed by atoms with van der Waals surface area (Å²) in [6, 6.07) is 0. The van der Waals surface area contributed by atoms with Crippen molar-refractivity contribution in [2.24, 2.45) is 17.6 Å². The van der Waals surface area contributed by atoms with Crippen molar-refractivity contribution in [3.63, 3.8) is 0 Å². The summed E-state index contributed by atoms with van der Waals surface area (Å²) in [5.41, 5.74) is 8.44. The van der Waals surface area contributed by atoms with Crippen LogP contribution in [0.5, 0.6) is 0 Å². The van der Waals surface area contributed by atoms with Gasteiger partial charge in [0.2, 0.25) is 0 Å². The van der Waals surface area contributed by atoms with E-state index in [0.717, 1.165) is 13.0 Å². The highest BCUT2D eigenvalue weighted by Gasteiger charge is 2.35. The summed E-state index contributed by atoms with van der Waals surface area (Å²) in [7, 11) is 0. The lowest BCUT2D eigenvalue weighted by Crippen LogP contribution is -2.21. The van der Waals surface area contributed by atoms with E-state index < -0.39 is 0 Å². The van der Waals surface area contributed by atoms with E-state index in [4.69, 9.17) is 10.6 Å².